The van der Waals surface area contributed by atoms with E-state index in [1.54, 1.807) is 19.1 Å². The number of ether oxygens (including phenoxy) is 2. The van der Waals surface area contributed by atoms with E-state index in [4.69, 9.17) is 15.2 Å². The molecule has 0 aromatic heterocycles. The Morgan fingerprint density at radius 1 is 1.44 bits per heavy atom. The fraction of sp³-hybridized carbons (Fsp3) is 0.455. The van der Waals surface area contributed by atoms with Crippen LogP contribution < -0.4 is 15.2 Å². The third-order valence-electron chi connectivity index (χ3n) is 2.60. The van der Waals surface area contributed by atoms with Crippen LogP contribution in [0, 0.1) is 0 Å². The Bertz CT molecular complexity index is 395. The summed E-state index contributed by atoms with van der Waals surface area (Å²) in [4.78, 5) is 0. The lowest BCUT2D eigenvalue weighted by Gasteiger charge is -2.18. The molecule has 88 valence electrons. The molecule has 1 aromatic rings. The van der Waals surface area contributed by atoms with Gasteiger partial charge >= 0.3 is 0 Å². The number of nitrogens with two attached hydrogens (primary N) is 1. The van der Waals surface area contributed by atoms with Crippen molar-refractivity contribution in [3.63, 3.8) is 0 Å². The lowest BCUT2D eigenvalue weighted by Crippen LogP contribution is -2.25. The Hall–Kier alpha value is -1.33. The molecular formula is C11H14FNO3. The van der Waals surface area contributed by atoms with Gasteiger partial charge in [0, 0.05) is 6.04 Å². The SMILES string of the molecule is CC(N)C(O)c1cc2c(cc1CF)OCO2. The zero-order chi connectivity index (χ0) is 11.7. The zero-order valence-electron chi connectivity index (χ0n) is 8.94. The normalized spacial score (nSPS) is 17.2. The summed E-state index contributed by atoms with van der Waals surface area (Å²) in [6, 6.07) is 2.67. The lowest BCUT2D eigenvalue weighted by atomic mass is 9.98. The Morgan fingerprint density at radius 3 is 2.62 bits per heavy atom. The molecule has 4 nitrogen and oxygen atoms in total. The van der Waals surface area contributed by atoms with Crippen LogP contribution in [0.4, 0.5) is 4.39 Å². The third kappa shape index (κ3) is 1.83. The van der Waals surface area contributed by atoms with Crippen molar-refractivity contribution in [2.45, 2.75) is 25.7 Å². The van der Waals surface area contributed by atoms with Crippen LogP contribution in [0.25, 0.3) is 0 Å². The summed E-state index contributed by atoms with van der Waals surface area (Å²) < 4.78 is 23.1. The first-order chi connectivity index (χ1) is 7.63. The van der Waals surface area contributed by atoms with E-state index >= 15 is 0 Å². The van der Waals surface area contributed by atoms with Crippen LogP contribution in [0.1, 0.15) is 24.2 Å². The summed E-state index contributed by atoms with van der Waals surface area (Å²) >= 11 is 0. The van der Waals surface area contributed by atoms with Gasteiger partial charge in [-0.3, -0.25) is 0 Å². The number of fused-ring (bicyclic) bond motifs is 1. The average molecular weight is 227 g/mol. The summed E-state index contributed by atoms with van der Waals surface area (Å²) in [7, 11) is 0. The second-order valence-electron chi connectivity index (χ2n) is 3.84. The lowest BCUT2D eigenvalue weighted by molar-refractivity contribution is 0.151. The van der Waals surface area contributed by atoms with Crippen LogP contribution in [0.2, 0.25) is 0 Å². The maximum Gasteiger partial charge on any atom is 0.231 e. The van der Waals surface area contributed by atoms with Crippen LogP contribution >= 0.6 is 0 Å². The van der Waals surface area contributed by atoms with Gasteiger partial charge in [0.15, 0.2) is 11.5 Å². The molecule has 2 atom stereocenters. The van der Waals surface area contributed by atoms with Crippen molar-refractivity contribution in [2.75, 3.05) is 6.79 Å². The molecule has 0 aliphatic carbocycles. The molecule has 1 aromatic carbocycles. The molecule has 5 heteroatoms. The highest BCUT2D eigenvalue weighted by molar-refractivity contribution is 5.49. The number of hydrogen-bond acceptors (Lipinski definition) is 4. The maximum absolute atomic E-state index is 12.8. The molecule has 1 aliphatic rings. The number of halogens is 1. The molecule has 0 fully saturated rings. The van der Waals surface area contributed by atoms with Crippen LogP contribution in [-0.4, -0.2) is 17.9 Å². The van der Waals surface area contributed by atoms with Crippen LogP contribution in [0.3, 0.4) is 0 Å². The molecule has 1 aliphatic heterocycles. The van der Waals surface area contributed by atoms with E-state index in [0.717, 1.165) is 0 Å². The summed E-state index contributed by atoms with van der Waals surface area (Å²) in [5.74, 6) is 1.03. The smallest absolute Gasteiger partial charge is 0.231 e. The molecule has 0 amide bonds. The number of rotatable bonds is 3. The number of hydrogen-bond donors (Lipinski definition) is 2. The number of alkyl halides is 1. The number of benzene rings is 1. The Kier molecular flexibility index (Phi) is 2.98. The van der Waals surface area contributed by atoms with E-state index in [2.05, 4.69) is 0 Å². The van der Waals surface area contributed by atoms with E-state index in [1.165, 1.54) is 0 Å². The first-order valence-electron chi connectivity index (χ1n) is 5.05. The summed E-state index contributed by atoms with van der Waals surface area (Å²) in [6.07, 6.45) is -0.903. The quantitative estimate of drug-likeness (QED) is 0.816. The molecule has 0 saturated carbocycles. The van der Waals surface area contributed by atoms with Gasteiger partial charge in [-0.1, -0.05) is 0 Å². The summed E-state index contributed by atoms with van der Waals surface area (Å²) in [5.41, 5.74) is 6.44. The van der Waals surface area contributed by atoms with E-state index in [0.29, 0.717) is 22.6 Å². The maximum atomic E-state index is 12.8. The van der Waals surface area contributed by atoms with Gasteiger partial charge in [-0.2, -0.15) is 0 Å². The van der Waals surface area contributed by atoms with Crippen LogP contribution in [0.5, 0.6) is 11.5 Å². The van der Waals surface area contributed by atoms with Crippen molar-refractivity contribution in [3.8, 4) is 11.5 Å². The second-order valence-corrected chi connectivity index (χ2v) is 3.84. The molecular weight excluding hydrogens is 213 g/mol. The van der Waals surface area contributed by atoms with Gasteiger partial charge in [-0.15, -0.1) is 0 Å². The molecule has 16 heavy (non-hydrogen) atoms. The van der Waals surface area contributed by atoms with E-state index < -0.39 is 18.8 Å². The number of aliphatic hydroxyl groups is 1. The summed E-state index contributed by atoms with van der Waals surface area (Å²) in [5, 5.41) is 9.85. The standard InChI is InChI=1S/C11H14FNO3/c1-6(13)11(14)8-3-10-9(15-5-16-10)2-7(8)4-12/h2-3,6,11,14H,4-5,13H2,1H3. The van der Waals surface area contributed by atoms with Crippen LogP contribution in [-0.2, 0) is 6.67 Å². The highest BCUT2D eigenvalue weighted by Crippen LogP contribution is 2.37. The van der Waals surface area contributed by atoms with Crippen molar-refractivity contribution in [2.24, 2.45) is 5.73 Å². The molecule has 0 radical (unpaired) electrons. The predicted molar refractivity (Wildman–Crippen MR) is 56.0 cm³/mol. The average Bonchev–Trinajstić information content (AvgIpc) is 2.72. The number of aliphatic hydroxyl groups excluding tert-OH is 1. The zero-order valence-corrected chi connectivity index (χ0v) is 8.94. The Morgan fingerprint density at radius 2 is 2.06 bits per heavy atom. The fourth-order valence-corrected chi connectivity index (χ4v) is 1.67. The monoisotopic (exact) mass is 227 g/mol. The largest absolute Gasteiger partial charge is 0.454 e. The second kappa shape index (κ2) is 4.27. The molecule has 2 unspecified atom stereocenters. The van der Waals surface area contributed by atoms with Crippen LogP contribution in [0.15, 0.2) is 12.1 Å². The summed E-state index contributed by atoms with van der Waals surface area (Å²) in [6.45, 7) is 1.12. The van der Waals surface area contributed by atoms with Gasteiger partial charge in [-0.25, -0.2) is 4.39 Å². The molecule has 0 spiro atoms. The molecule has 0 saturated heterocycles. The van der Waals surface area contributed by atoms with Crippen molar-refractivity contribution in [1.29, 1.82) is 0 Å². The first-order valence-corrected chi connectivity index (χ1v) is 5.05. The third-order valence-corrected chi connectivity index (χ3v) is 2.60. The highest BCUT2D eigenvalue weighted by Gasteiger charge is 2.22. The minimum atomic E-state index is -0.903. The van der Waals surface area contributed by atoms with Gasteiger partial charge in [0.25, 0.3) is 0 Å². The first kappa shape index (κ1) is 11.2. The van der Waals surface area contributed by atoms with E-state index in [1.807, 2.05) is 0 Å². The van der Waals surface area contributed by atoms with E-state index in [9.17, 15) is 9.50 Å². The molecule has 0 bridgehead atoms. The minimum Gasteiger partial charge on any atom is -0.454 e. The van der Waals surface area contributed by atoms with Crippen molar-refractivity contribution < 1.29 is 19.0 Å². The highest BCUT2D eigenvalue weighted by atomic mass is 19.1. The minimum absolute atomic E-state index is 0.124. The Labute approximate surface area is 92.8 Å². The Balaban J connectivity index is 2.43. The van der Waals surface area contributed by atoms with E-state index in [-0.39, 0.29) is 6.79 Å². The van der Waals surface area contributed by atoms with Gasteiger partial charge in [0.1, 0.15) is 6.67 Å². The van der Waals surface area contributed by atoms with Crippen molar-refractivity contribution in [3.05, 3.63) is 23.3 Å². The van der Waals surface area contributed by atoms with Gasteiger partial charge in [-0.05, 0) is 30.2 Å². The predicted octanol–water partition coefficient (Wildman–Crippen LogP) is 1.27. The van der Waals surface area contributed by atoms with Gasteiger partial charge in [0.2, 0.25) is 6.79 Å². The molecule has 2 rings (SSSR count). The van der Waals surface area contributed by atoms with Gasteiger partial charge < -0.3 is 20.3 Å². The topological polar surface area (TPSA) is 64.7 Å². The fourth-order valence-electron chi connectivity index (χ4n) is 1.67. The molecule has 1 heterocycles. The van der Waals surface area contributed by atoms with Gasteiger partial charge in [0.05, 0.1) is 6.10 Å². The molecule has 3 N–H and O–H groups in total. The van der Waals surface area contributed by atoms with Crippen molar-refractivity contribution in [1.82, 2.24) is 0 Å². The van der Waals surface area contributed by atoms with Crippen molar-refractivity contribution >= 4 is 0 Å².